The van der Waals surface area contributed by atoms with Crippen LogP contribution in [0.2, 0.25) is 0 Å². The van der Waals surface area contributed by atoms with Gasteiger partial charge in [0.2, 0.25) is 11.8 Å². The lowest BCUT2D eigenvalue weighted by atomic mass is 9.62. The highest BCUT2D eigenvalue weighted by atomic mass is 19.1. The van der Waals surface area contributed by atoms with Gasteiger partial charge in [-0.2, -0.15) is 5.10 Å². The summed E-state index contributed by atoms with van der Waals surface area (Å²) in [6, 6.07) is 3.00. The number of ether oxygens (including phenoxy) is 2. The average molecular weight is 499 g/mol. The van der Waals surface area contributed by atoms with Gasteiger partial charge >= 0.3 is 0 Å². The quantitative estimate of drug-likeness (QED) is 0.528. The van der Waals surface area contributed by atoms with Crippen molar-refractivity contribution in [1.29, 1.82) is 0 Å². The van der Waals surface area contributed by atoms with E-state index in [0.29, 0.717) is 50.5 Å². The number of fused-ring (bicyclic) bond motifs is 1. The van der Waals surface area contributed by atoms with E-state index in [2.05, 4.69) is 20.5 Å². The second-order valence-corrected chi connectivity index (χ2v) is 11.0. The number of hydrogen-bond acceptors (Lipinski definition) is 7. The maximum absolute atomic E-state index is 14.3. The molecule has 1 spiro atoms. The van der Waals surface area contributed by atoms with E-state index in [1.165, 1.54) is 13.2 Å². The lowest BCUT2D eigenvalue weighted by Gasteiger charge is -2.44. The summed E-state index contributed by atoms with van der Waals surface area (Å²) in [7, 11) is 1.45. The number of amides is 2. The molecule has 2 aliphatic carbocycles. The van der Waals surface area contributed by atoms with E-state index in [0.717, 1.165) is 31.9 Å². The largest absolute Gasteiger partial charge is 0.481 e. The summed E-state index contributed by atoms with van der Waals surface area (Å²) in [5.74, 6) is -0.529. The van der Waals surface area contributed by atoms with Crippen LogP contribution in [0.4, 0.5) is 4.39 Å². The van der Waals surface area contributed by atoms with E-state index in [9.17, 15) is 14.0 Å². The minimum atomic E-state index is -0.550. The van der Waals surface area contributed by atoms with Gasteiger partial charge in [0.25, 0.3) is 5.91 Å². The molecule has 0 aromatic carbocycles. The summed E-state index contributed by atoms with van der Waals surface area (Å²) in [5, 5.41) is 10.1. The number of aromatic amines is 1. The van der Waals surface area contributed by atoms with Gasteiger partial charge in [-0.3, -0.25) is 14.7 Å². The second-order valence-electron chi connectivity index (χ2n) is 11.0. The van der Waals surface area contributed by atoms with Crippen LogP contribution >= 0.6 is 0 Å². The molecule has 1 atom stereocenters. The minimum absolute atomic E-state index is 0.0274. The number of nitrogens with zero attached hydrogens (tertiary/aromatic N) is 3. The van der Waals surface area contributed by atoms with Gasteiger partial charge in [0, 0.05) is 48.1 Å². The van der Waals surface area contributed by atoms with Gasteiger partial charge < -0.3 is 25.4 Å². The van der Waals surface area contributed by atoms with E-state index >= 15 is 0 Å². The Hall–Kier alpha value is -3.05. The van der Waals surface area contributed by atoms with Crippen molar-refractivity contribution < 1.29 is 23.5 Å². The summed E-state index contributed by atoms with van der Waals surface area (Å²) in [6.45, 7) is 2.30. The van der Waals surface area contributed by atoms with Gasteiger partial charge in [0.05, 0.1) is 31.2 Å². The summed E-state index contributed by atoms with van der Waals surface area (Å²) in [6.07, 6.45) is 5.89. The van der Waals surface area contributed by atoms with Crippen LogP contribution in [-0.4, -0.2) is 76.4 Å². The van der Waals surface area contributed by atoms with Crippen molar-refractivity contribution in [1.82, 2.24) is 25.4 Å². The molecule has 10 nitrogen and oxygen atoms in total. The number of pyridine rings is 1. The lowest BCUT2D eigenvalue weighted by molar-refractivity contribution is -0.128. The Balaban J connectivity index is 1.09. The van der Waals surface area contributed by atoms with Crippen molar-refractivity contribution in [2.24, 2.45) is 17.1 Å². The number of carbonyl (C=O) groups excluding carboxylic acids is 2. The predicted molar refractivity (Wildman–Crippen MR) is 126 cm³/mol. The molecule has 192 valence electrons. The molecule has 36 heavy (non-hydrogen) atoms. The molecule has 3 saturated heterocycles. The van der Waals surface area contributed by atoms with Crippen LogP contribution in [0.15, 0.2) is 18.3 Å². The molecule has 2 amide bonds. The Morgan fingerprint density at radius 2 is 2.17 bits per heavy atom. The Labute approximate surface area is 208 Å². The Morgan fingerprint density at radius 1 is 1.36 bits per heavy atom. The normalized spacial score (nSPS) is 29.6. The molecule has 5 fully saturated rings. The Morgan fingerprint density at radius 3 is 2.86 bits per heavy atom. The highest BCUT2D eigenvalue weighted by Crippen LogP contribution is 2.57. The number of aromatic nitrogens is 3. The first-order chi connectivity index (χ1) is 17.3. The molecule has 1 unspecified atom stereocenters. The van der Waals surface area contributed by atoms with E-state index in [4.69, 9.17) is 15.2 Å². The van der Waals surface area contributed by atoms with Crippen LogP contribution in [0.25, 0.3) is 11.3 Å². The zero-order valence-corrected chi connectivity index (χ0v) is 20.3. The highest BCUT2D eigenvalue weighted by Gasteiger charge is 2.61. The molecule has 11 heteroatoms. The van der Waals surface area contributed by atoms with Gasteiger partial charge in [0.1, 0.15) is 5.69 Å². The van der Waals surface area contributed by atoms with Crippen LogP contribution in [-0.2, 0) is 9.53 Å². The number of rotatable bonds is 7. The van der Waals surface area contributed by atoms with Crippen molar-refractivity contribution in [3.63, 3.8) is 0 Å². The number of nitrogens with two attached hydrogens (primary N) is 1. The highest BCUT2D eigenvalue weighted by molar-refractivity contribution is 5.94. The molecule has 4 N–H and O–H groups in total. The van der Waals surface area contributed by atoms with Crippen molar-refractivity contribution >= 4 is 11.8 Å². The van der Waals surface area contributed by atoms with E-state index < -0.39 is 5.82 Å². The Bertz CT molecular complexity index is 1200. The SMILES string of the molecule is COc1cc(-c2cc(C(=O)N3CCC(C(=O)NCC45COC(CN)(C4)C5)CC34CC4)[nH]n2)c(F)cn1. The number of nitrogens with one attached hydrogen (secondary N) is 2. The van der Waals surface area contributed by atoms with Gasteiger partial charge in [-0.05, 0) is 44.6 Å². The maximum Gasteiger partial charge on any atom is 0.272 e. The van der Waals surface area contributed by atoms with Crippen LogP contribution in [0.1, 0.15) is 49.0 Å². The number of piperidine rings is 1. The van der Waals surface area contributed by atoms with Crippen LogP contribution in [0, 0.1) is 17.2 Å². The van der Waals surface area contributed by atoms with Crippen LogP contribution < -0.4 is 15.8 Å². The summed E-state index contributed by atoms with van der Waals surface area (Å²) in [5.41, 5.74) is 6.19. The molecule has 3 aliphatic heterocycles. The second kappa shape index (κ2) is 8.24. The molecular weight excluding hydrogens is 467 g/mol. The number of H-pyrrole nitrogens is 1. The standard InChI is InChI=1S/C25H31FN6O4/c1-35-20-6-16(17(26)9-28-20)18-7-19(31-30-18)22(34)32-5-2-15(8-24(32)3-4-24)21(33)29-13-23-10-25(11-23,12-27)36-14-23/h6-7,9,15H,2-5,8,10-14,27H2,1H3,(H,29,33)(H,30,31). The smallest absolute Gasteiger partial charge is 0.272 e. The molecule has 5 heterocycles. The third kappa shape index (κ3) is 3.76. The predicted octanol–water partition coefficient (Wildman–Crippen LogP) is 1.63. The molecule has 2 aromatic rings. The molecule has 2 saturated carbocycles. The first-order valence-electron chi connectivity index (χ1n) is 12.5. The summed E-state index contributed by atoms with van der Waals surface area (Å²) >= 11 is 0. The third-order valence-electron chi connectivity index (χ3n) is 8.56. The van der Waals surface area contributed by atoms with Crippen molar-refractivity contribution in [2.45, 2.75) is 49.7 Å². The fraction of sp³-hybridized carbons (Fsp3) is 0.600. The number of hydrogen-bond donors (Lipinski definition) is 3. The monoisotopic (exact) mass is 498 g/mol. The summed E-state index contributed by atoms with van der Waals surface area (Å²) in [4.78, 5) is 32.1. The van der Waals surface area contributed by atoms with E-state index in [1.54, 1.807) is 6.07 Å². The summed E-state index contributed by atoms with van der Waals surface area (Å²) < 4.78 is 25.2. The van der Waals surface area contributed by atoms with Gasteiger partial charge in [0.15, 0.2) is 5.82 Å². The number of halogens is 1. The van der Waals surface area contributed by atoms with Gasteiger partial charge in [-0.1, -0.05) is 0 Å². The number of likely N-dealkylation sites (tertiary alicyclic amines) is 1. The van der Waals surface area contributed by atoms with Gasteiger partial charge in [-0.25, -0.2) is 9.37 Å². The van der Waals surface area contributed by atoms with Crippen LogP contribution in [0.3, 0.4) is 0 Å². The minimum Gasteiger partial charge on any atom is -0.481 e. The first-order valence-corrected chi connectivity index (χ1v) is 12.5. The van der Waals surface area contributed by atoms with Crippen molar-refractivity contribution in [3.8, 4) is 17.1 Å². The third-order valence-corrected chi connectivity index (χ3v) is 8.56. The Kier molecular flexibility index (Phi) is 5.34. The maximum atomic E-state index is 14.3. The first kappa shape index (κ1) is 23.4. The number of methoxy groups -OCH3 is 1. The average Bonchev–Trinajstić information content (AvgIpc) is 3.23. The van der Waals surface area contributed by atoms with Crippen molar-refractivity contribution in [2.75, 3.05) is 33.4 Å². The molecule has 5 aliphatic rings. The van der Waals surface area contributed by atoms with E-state index in [1.807, 2.05) is 4.90 Å². The fourth-order valence-electron chi connectivity index (χ4n) is 6.42. The molecular formula is C25H31FN6O4. The lowest BCUT2D eigenvalue weighted by Crippen LogP contribution is -2.55. The van der Waals surface area contributed by atoms with Crippen LogP contribution in [0.5, 0.6) is 5.88 Å². The molecule has 2 aromatic heterocycles. The molecule has 0 radical (unpaired) electrons. The fourth-order valence-corrected chi connectivity index (χ4v) is 6.42. The van der Waals surface area contributed by atoms with E-state index in [-0.39, 0.29) is 45.7 Å². The molecule has 2 bridgehead atoms. The zero-order valence-electron chi connectivity index (χ0n) is 20.3. The van der Waals surface area contributed by atoms with Gasteiger partial charge in [-0.15, -0.1) is 0 Å². The topological polar surface area (TPSA) is 135 Å². The molecule has 7 rings (SSSR count). The number of carbonyl (C=O) groups is 2. The van der Waals surface area contributed by atoms with Crippen molar-refractivity contribution in [3.05, 3.63) is 29.8 Å². The zero-order chi connectivity index (χ0) is 25.1.